The van der Waals surface area contributed by atoms with Crippen LogP contribution in [0.2, 0.25) is 0 Å². The second-order valence-electron chi connectivity index (χ2n) is 5.65. The number of rotatable bonds is 4. The van der Waals surface area contributed by atoms with Crippen molar-refractivity contribution in [2.24, 2.45) is 5.14 Å². The van der Waals surface area contributed by atoms with Gasteiger partial charge in [0.25, 0.3) is 0 Å². The van der Waals surface area contributed by atoms with Crippen molar-refractivity contribution in [2.75, 3.05) is 12.4 Å². The Labute approximate surface area is 142 Å². The molecule has 3 N–H and O–H groups in total. The van der Waals surface area contributed by atoms with E-state index in [0.29, 0.717) is 5.56 Å². The Kier molecular flexibility index (Phi) is 5.26. The molecular formula is C17H21N3O3S. The van der Waals surface area contributed by atoms with Crippen molar-refractivity contribution < 1.29 is 13.2 Å². The summed E-state index contributed by atoms with van der Waals surface area (Å²) >= 11 is 0. The fourth-order valence-corrected chi connectivity index (χ4v) is 2.84. The molecule has 2 aromatic carbocycles. The van der Waals surface area contributed by atoms with E-state index in [4.69, 9.17) is 5.14 Å². The second-order valence-corrected chi connectivity index (χ2v) is 7.21. The van der Waals surface area contributed by atoms with Crippen molar-refractivity contribution in [3.05, 3.63) is 59.7 Å². The van der Waals surface area contributed by atoms with Gasteiger partial charge < -0.3 is 10.2 Å². The third-order valence-corrected chi connectivity index (χ3v) is 4.87. The third-order valence-electron chi connectivity index (χ3n) is 3.96. The van der Waals surface area contributed by atoms with Crippen LogP contribution in [0.15, 0.2) is 53.4 Å². The molecule has 0 bridgehead atoms. The molecule has 6 nitrogen and oxygen atoms in total. The smallest absolute Gasteiger partial charge is 0.321 e. The minimum atomic E-state index is -3.78. The first-order chi connectivity index (χ1) is 11.2. The zero-order valence-electron chi connectivity index (χ0n) is 13.9. The number of nitrogens with two attached hydrogens (primary N) is 1. The Morgan fingerprint density at radius 3 is 2.46 bits per heavy atom. The standard InChI is InChI=1S/C17H21N3O3S/c1-12-7-4-5-10-16(12)19-17(21)20(3)13(2)14-8-6-9-15(11-14)24(18,22)23/h4-11,13H,1-3H3,(H,19,21)(H2,18,22,23). The lowest BCUT2D eigenvalue weighted by Gasteiger charge is -2.26. The number of hydrogen-bond donors (Lipinski definition) is 2. The summed E-state index contributed by atoms with van der Waals surface area (Å²) in [6.45, 7) is 3.73. The van der Waals surface area contributed by atoms with E-state index in [1.807, 2.05) is 38.1 Å². The van der Waals surface area contributed by atoms with Crippen LogP contribution in [0.25, 0.3) is 0 Å². The van der Waals surface area contributed by atoms with E-state index in [2.05, 4.69) is 5.32 Å². The topological polar surface area (TPSA) is 92.5 Å². The van der Waals surface area contributed by atoms with E-state index in [1.54, 1.807) is 19.2 Å². The number of nitrogens with one attached hydrogen (secondary N) is 1. The number of carbonyl (C=O) groups is 1. The summed E-state index contributed by atoms with van der Waals surface area (Å²) in [6, 6.07) is 13.2. The molecule has 0 radical (unpaired) electrons. The Hall–Kier alpha value is -2.38. The van der Waals surface area contributed by atoms with Crippen LogP contribution < -0.4 is 10.5 Å². The zero-order valence-corrected chi connectivity index (χ0v) is 14.7. The number of hydrogen-bond acceptors (Lipinski definition) is 3. The van der Waals surface area contributed by atoms with Crippen molar-refractivity contribution in [3.63, 3.8) is 0 Å². The fourth-order valence-electron chi connectivity index (χ4n) is 2.27. The van der Waals surface area contributed by atoms with Gasteiger partial charge in [-0.2, -0.15) is 0 Å². The molecule has 2 amide bonds. The average molecular weight is 347 g/mol. The van der Waals surface area contributed by atoms with E-state index in [1.165, 1.54) is 17.0 Å². The van der Waals surface area contributed by atoms with Gasteiger partial charge in [0, 0.05) is 12.7 Å². The number of sulfonamides is 1. The van der Waals surface area contributed by atoms with Gasteiger partial charge in [-0.05, 0) is 43.2 Å². The molecule has 0 saturated heterocycles. The number of aryl methyl sites for hydroxylation is 1. The Balaban J connectivity index is 2.19. The van der Waals surface area contributed by atoms with E-state index >= 15 is 0 Å². The van der Waals surface area contributed by atoms with Crippen LogP contribution in [0.3, 0.4) is 0 Å². The molecule has 0 heterocycles. The predicted molar refractivity (Wildman–Crippen MR) is 94.2 cm³/mol. The lowest BCUT2D eigenvalue weighted by atomic mass is 10.1. The van der Waals surface area contributed by atoms with E-state index in [9.17, 15) is 13.2 Å². The van der Waals surface area contributed by atoms with Crippen LogP contribution in [-0.4, -0.2) is 26.4 Å². The fraction of sp³-hybridized carbons (Fsp3) is 0.235. The summed E-state index contributed by atoms with van der Waals surface area (Å²) < 4.78 is 22.9. The maximum absolute atomic E-state index is 12.4. The van der Waals surface area contributed by atoms with Crippen molar-refractivity contribution in [2.45, 2.75) is 24.8 Å². The highest BCUT2D eigenvalue weighted by molar-refractivity contribution is 7.89. The molecule has 2 rings (SSSR count). The number of amides is 2. The van der Waals surface area contributed by atoms with Gasteiger partial charge in [0.2, 0.25) is 10.0 Å². The predicted octanol–water partition coefficient (Wildman–Crippen LogP) is 2.87. The molecule has 24 heavy (non-hydrogen) atoms. The minimum absolute atomic E-state index is 0.0274. The van der Waals surface area contributed by atoms with Gasteiger partial charge in [0.15, 0.2) is 0 Å². The molecule has 7 heteroatoms. The number of para-hydroxylation sites is 1. The summed E-state index contributed by atoms with van der Waals surface area (Å²) in [5.41, 5.74) is 2.38. The maximum Gasteiger partial charge on any atom is 0.322 e. The van der Waals surface area contributed by atoms with Crippen LogP contribution in [0.4, 0.5) is 10.5 Å². The largest absolute Gasteiger partial charge is 0.322 e. The SMILES string of the molecule is Cc1ccccc1NC(=O)N(C)C(C)c1cccc(S(N)(=O)=O)c1. The molecule has 0 aromatic heterocycles. The number of nitrogens with zero attached hydrogens (tertiary/aromatic N) is 1. The number of benzene rings is 2. The number of anilines is 1. The van der Waals surface area contributed by atoms with Gasteiger partial charge in [-0.1, -0.05) is 30.3 Å². The van der Waals surface area contributed by atoms with Gasteiger partial charge in [-0.15, -0.1) is 0 Å². The van der Waals surface area contributed by atoms with Gasteiger partial charge in [0.05, 0.1) is 10.9 Å². The van der Waals surface area contributed by atoms with Crippen molar-refractivity contribution in [1.29, 1.82) is 0 Å². The number of urea groups is 1. The summed E-state index contributed by atoms with van der Waals surface area (Å²) in [5.74, 6) is 0. The van der Waals surface area contributed by atoms with Crippen molar-refractivity contribution in [3.8, 4) is 0 Å². The highest BCUT2D eigenvalue weighted by Gasteiger charge is 2.19. The molecule has 0 fully saturated rings. The van der Waals surface area contributed by atoms with Gasteiger partial charge >= 0.3 is 6.03 Å². The third kappa shape index (κ3) is 4.12. The van der Waals surface area contributed by atoms with Gasteiger partial charge in [0.1, 0.15) is 0 Å². The maximum atomic E-state index is 12.4. The lowest BCUT2D eigenvalue weighted by molar-refractivity contribution is 0.208. The minimum Gasteiger partial charge on any atom is -0.321 e. The molecule has 1 unspecified atom stereocenters. The molecule has 1 atom stereocenters. The van der Waals surface area contributed by atoms with Crippen LogP contribution in [0.1, 0.15) is 24.1 Å². The summed E-state index contributed by atoms with van der Waals surface area (Å²) in [4.78, 5) is 14.0. The van der Waals surface area contributed by atoms with Crippen molar-refractivity contribution in [1.82, 2.24) is 4.90 Å². The highest BCUT2D eigenvalue weighted by atomic mass is 32.2. The highest BCUT2D eigenvalue weighted by Crippen LogP contribution is 2.22. The first kappa shape index (κ1) is 18.0. The van der Waals surface area contributed by atoms with Crippen LogP contribution in [0.5, 0.6) is 0 Å². The first-order valence-electron chi connectivity index (χ1n) is 7.42. The molecule has 2 aromatic rings. The molecule has 0 spiro atoms. The normalized spacial score (nSPS) is 12.5. The van der Waals surface area contributed by atoms with Gasteiger partial charge in [-0.25, -0.2) is 18.4 Å². The second kappa shape index (κ2) is 7.02. The van der Waals surface area contributed by atoms with Gasteiger partial charge in [-0.3, -0.25) is 0 Å². The molecule has 0 aliphatic heterocycles. The molecule has 0 aliphatic carbocycles. The molecule has 0 saturated carbocycles. The number of primary sulfonamides is 1. The summed E-state index contributed by atoms with van der Waals surface area (Å²) in [7, 11) is -2.12. The van der Waals surface area contributed by atoms with E-state index in [-0.39, 0.29) is 17.0 Å². The van der Waals surface area contributed by atoms with Crippen LogP contribution >= 0.6 is 0 Å². The molecule has 0 aliphatic rings. The first-order valence-corrected chi connectivity index (χ1v) is 8.97. The quantitative estimate of drug-likeness (QED) is 0.890. The van der Waals surface area contributed by atoms with Crippen LogP contribution in [0, 0.1) is 6.92 Å². The zero-order chi connectivity index (χ0) is 17.9. The molecule has 128 valence electrons. The van der Waals surface area contributed by atoms with E-state index < -0.39 is 10.0 Å². The Morgan fingerprint density at radius 2 is 1.83 bits per heavy atom. The Morgan fingerprint density at radius 1 is 1.17 bits per heavy atom. The van der Waals surface area contributed by atoms with Crippen molar-refractivity contribution >= 4 is 21.7 Å². The summed E-state index contributed by atoms with van der Waals surface area (Å²) in [5, 5.41) is 8.01. The molecular weight excluding hydrogens is 326 g/mol. The van der Waals surface area contributed by atoms with Crippen LogP contribution in [-0.2, 0) is 10.0 Å². The lowest BCUT2D eigenvalue weighted by Crippen LogP contribution is -2.33. The average Bonchev–Trinajstić information content (AvgIpc) is 2.55. The Bertz CT molecular complexity index is 850. The summed E-state index contributed by atoms with van der Waals surface area (Å²) in [6.07, 6.45) is 0. The number of carbonyl (C=O) groups excluding carboxylic acids is 1. The van der Waals surface area contributed by atoms with E-state index in [0.717, 1.165) is 11.3 Å². The monoisotopic (exact) mass is 347 g/mol.